The minimum Gasteiger partial charge on any atom is -0.491 e. The fraction of sp³-hybridized carbons (Fsp3) is 0.311. The summed E-state index contributed by atoms with van der Waals surface area (Å²) in [6.45, 7) is 14.5. The number of aryl methyl sites for hydroxylation is 2. The van der Waals surface area contributed by atoms with Crippen LogP contribution in [-0.2, 0) is 32.3 Å². The maximum absolute atomic E-state index is 13.0. The van der Waals surface area contributed by atoms with Gasteiger partial charge in [-0.05, 0) is 80.1 Å². The molecule has 4 heterocycles. The van der Waals surface area contributed by atoms with Crippen molar-refractivity contribution in [1.82, 2.24) is 29.2 Å². The number of rotatable bonds is 14. The second-order valence-corrected chi connectivity index (χ2v) is 16.8. The normalized spacial score (nSPS) is 13.8. The molecule has 0 saturated carbocycles. The molecule has 14 heteroatoms. The summed E-state index contributed by atoms with van der Waals surface area (Å²) in [6.07, 6.45) is 4.74. The number of Topliss-reactive ketones (excluding diaryl/α,β-unsaturated/α-hetero) is 1. The number of carbonyl (C=O) groups excluding carboxylic acids is 5. The summed E-state index contributed by atoms with van der Waals surface area (Å²) >= 11 is 6.95. The molecule has 12 nitrogen and oxygen atoms in total. The molecule has 0 spiro atoms. The number of nitrogens with one attached hydrogen (secondary N) is 1. The van der Waals surface area contributed by atoms with Gasteiger partial charge in [-0.25, -0.2) is 0 Å². The molecular formula is C45H48Br2N6O6. The third kappa shape index (κ3) is 10.2. The number of likely N-dealkylation sites (tertiary alicyclic amines) is 2. The van der Waals surface area contributed by atoms with Gasteiger partial charge in [0.25, 0.3) is 5.91 Å². The van der Waals surface area contributed by atoms with Gasteiger partial charge in [-0.1, -0.05) is 63.2 Å². The quantitative estimate of drug-likeness (QED) is 0.0978. The Hall–Kier alpha value is -5.47. The van der Waals surface area contributed by atoms with E-state index < -0.39 is 0 Å². The van der Waals surface area contributed by atoms with Gasteiger partial charge in [-0.2, -0.15) is 0 Å². The summed E-state index contributed by atoms with van der Waals surface area (Å²) in [5.74, 6) is 0.682. The number of benzene rings is 3. The van der Waals surface area contributed by atoms with E-state index in [1.54, 1.807) is 27.9 Å². The van der Waals surface area contributed by atoms with E-state index in [2.05, 4.69) is 62.5 Å². The zero-order chi connectivity index (χ0) is 42.4. The van der Waals surface area contributed by atoms with Gasteiger partial charge in [-0.15, -0.1) is 0 Å². The van der Waals surface area contributed by atoms with Crippen LogP contribution in [0.25, 0.3) is 21.8 Å². The molecule has 4 amide bonds. The number of halogens is 2. The molecule has 2 aliphatic rings. The van der Waals surface area contributed by atoms with E-state index >= 15 is 0 Å². The minimum absolute atomic E-state index is 0.0502. The Labute approximate surface area is 360 Å². The van der Waals surface area contributed by atoms with Crippen molar-refractivity contribution < 1.29 is 28.7 Å². The van der Waals surface area contributed by atoms with E-state index in [1.807, 2.05) is 77.6 Å². The average molecular weight is 929 g/mol. The Morgan fingerprint density at radius 1 is 0.847 bits per heavy atom. The highest BCUT2D eigenvalue weighted by Gasteiger charge is 2.34. The fourth-order valence-corrected chi connectivity index (χ4v) is 8.09. The van der Waals surface area contributed by atoms with E-state index in [-0.39, 0.29) is 47.9 Å². The van der Waals surface area contributed by atoms with Crippen molar-refractivity contribution in [3.8, 4) is 5.75 Å². The highest BCUT2D eigenvalue weighted by atomic mass is 79.9. The first-order valence-electron chi connectivity index (χ1n) is 19.4. The predicted molar refractivity (Wildman–Crippen MR) is 236 cm³/mol. The number of amides is 4. The molecule has 7 rings (SSSR count). The molecular weight excluding hydrogens is 880 g/mol. The summed E-state index contributed by atoms with van der Waals surface area (Å²) in [6, 6.07) is 21.6. The van der Waals surface area contributed by atoms with Crippen LogP contribution >= 0.6 is 31.9 Å². The van der Waals surface area contributed by atoms with Crippen LogP contribution in [0.3, 0.4) is 0 Å². The molecule has 5 aromatic rings. The Kier molecular flexibility index (Phi) is 13.9. The monoisotopic (exact) mass is 926 g/mol. The molecule has 2 fully saturated rings. The van der Waals surface area contributed by atoms with Gasteiger partial charge in [0.05, 0.1) is 24.7 Å². The zero-order valence-electron chi connectivity index (χ0n) is 33.5. The molecule has 0 aliphatic carbocycles. The first-order chi connectivity index (χ1) is 28.3. The van der Waals surface area contributed by atoms with Crippen LogP contribution in [0.15, 0.2) is 107 Å². The van der Waals surface area contributed by atoms with Gasteiger partial charge < -0.3 is 33.9 Å². The van der Waals surface area contributed by atoms with Crippen LogP contribution in [0.1, 0.15) is 28.0 Å². The van der Waals surface area contributed by atoms with E-state index in [4.69, 9.17) is 4.74 Å². The Balaban J connectivity index is 0.000000213. The van der Waals surface area contributed by atoms with Crippen molar-refractivity contribution in [3.63, 3.8) is 0 Å². The summed E-state index contributed by atoms with van der Waals surface area (Å²) in [4.78, 5) is 66.6. The van der Waals surface area contributed by atoms with Crippen molar-refractivity contribution in [3.05, 3.63) is 124 Å². The highest BCUT2D eigenvalue weighted by Crippen LogP contribution is 2.28. The molecule has 1 N–H and O–H groups in total. The first-order valence-corrected chi connectivity index (χ1v) is 20.9. The zero-order valence-corrected chi connectivity index (χ0v) is 36.6. The summed E-state index contributed by atoms with van der Waals surface area (Å²) in [5, 5.41) is 4.80. The van der Waals surface area contributed by atoms with Gasteiger partial charge >= 0.3 is 0 Å². The van der Waals surface area contributed by atoms with Crippen LogP contribution in [0.5, 0.6) is 5.75 Å². The van der Waals surface area contributed by atoms with E-state index in [1.165, 1.54) is 12.2 Å². The topological polar surface area (TPSA) is 126 Å². The Morgan fingerprint density at radius 2 is 1.49 bits per heavy atom. The fourth-order valence-electron chi connectivity index (χ4n) is 7.35. The molecule has 2 aromatic heterocycles. The maximum Gasteiger partial charge on any atom is 0.253 e. The average Bonchev–Trinajstić information content (AvgIpc) is 3.68. The smallest absolute Gasteiger partial charge is 0.253 e. The van der Waals surface area contributed by atoms with Crippen molar-refractivity contribution in [2.24, 2.45) is 5.92 Å². The molecule has 0 bridgehead atoms. The number of ether oxygens (including phenoxy) is 1. The minimum atomic E-state index is -0.217. The summed E-state index contributed by atoms with van der Waals surface area (Å²) < 4.78 is 11.5. The molecule has 308 valence electrons. The van der Waals surface area contributed by atoms with Crippen LogP contribution in [-0.4, -0.2) is 106 Å². The van der Waals surface area contributed by atoms with Gasteiger partial charge in [0.2, 0.25) is 17.7 Å². The van der Waals surface area contributed by atoms with E-state index in [0.29, 0.717) is 57.9 Å². The predicted octanol–water partition coefficient (Wildman–Crippen LogP) is 6.69. The molecule has 3 aromatic carbocycles. The van der Waals surface area contributed by atoms with Gasteiger partial charge in [0.15, 0.2) is 5.78 Å². The van der Waals surface area contributed by atoms with Crippen LogP contribution < -0.4 is 10.1 Å². The largest absolute Gasteiger partial charge is 0.491 e. The molecule has 2 saturated heterocycles. The number of para-hydroxylation sites is 1. The lowest BCUT2D eigenvalue weighted by Gasteiger charge is -2.43. The summed E-state index contributed by atoms with van der Waals surface area (Å²) in [5.41, 5.74) is 4.48. The van der Waals surface area contributed by atoms with Crippen LogP contribution in [0.2, 0.25) is 0 Å². The number of hydrogen-bond donors (Lipinski definition) is 1. The number of nitrogens with zero attached hydrogens (tertiary/aromatic N) is 5. The molecule has 0 unspecified atom stereocenters. The number of likely N-dealkylation sites (N-methyl/N-ethyl adjacent to an activating group) is 1. The number of carbonyl (C=O) groups is 5. The van der Waals surface area contributed by atoms with Gasteiger partial charge in [0, 0.05) is 88.2 Å². The molecule has 0 radical (unpaired) electrons. The van der Waals surface area contributed by atoms with Crippen molar-refractivity contribution >= 4 is 83.1 Å². The standard InChI is InChI=1S/C27H28BrN3O4.C18H20BrN3O2/c1-3-26(33)31-14-19(15-31)12-21(32)16-30-17-23(22-13-20(28)8-9-24(22)30)27(34)29-10-11-35-25-7-5-4-6-18(25)2;1-4-17(23)21-9-15(10-21)20(3)18(24)11-22-12(2)7-13-8-14(19)5-6-16(13)22/h3-9,13,17,19H,1,10-12,14-16H2,2H3,(H,29,34);4-8,15H,1,9-11H2,2-3H3. The van der Waals surface area contributed by atoms with Crippen molar-refractivity contribution in [2.45, 2.75) is 39.4 Å². The van der Waals surface area contributed by atoms with E-state index in [9.17, 15) is 24.0 Å². The number of hydrogen-bond acceptors (Lipinski definition) is 6. The van der Waals surface area contributed by atoms with Crippen LogP contribution in [0.4, 0.5) is 0 Å². The highest BCUT2D eigenvalue weighted by molar-refractivity contribution is 9.10. The number of aromatic nitrogens is 2. The van der Waals surface area contributed by atoms with Crippen molar-refractivity contribution in [2.75, 3.05) is 46.4 Å². The Bertz CT molecular complexity index is 2430. The lowest BCUT2D eigenvalue weighted by atomic mass is 9.94. The van der Waals surface area contributed by atoms with Crippen molar-refractivity contribution in [1.29, 1.82) is 0 Å². The summed E-state index contributed by atoms with van der Waals surface area (Å²) in [7, 11) is 1.81. The molecule has 59 heavy (non-hydrogen) atoms. The third-order valence-corrected chi connectivity index (χ3v) is 11.8. The SMILES string of the molecule is C=CC(=O)N1CC(CC(=O)Cn2cc(C(=O)NCCOc3ccccc3C)c3cc(Br)ccc32)C1.C=CC(=O)N1CC(N(C)C(=O)Cn2c(C)cc3cc(Br)ccc32)C1. The third-order valence-electron chi connectivity index (χ3n) is 10.8. The lowest BCUT2D eigenvalue weighted by molar-refractivity contribution is -0.142. The van der Waals surface area contributed by atoms with E-state index in [0.717, 1.165) is 47.8 Å². The first kappa shape index (κ1) is 43.1. The van der Waals surface area contributed by atoms with Crippen LogP contribution in [0, 0.1) is 19.8 Å². The van der Waals surface area contributed by atoms with Gasteiger partial charge in [-0.3, -0.25) is 24.0 Å². The number of ketones is 1. The Morgan fingerprint density at radius 3 is 2.17 bits per heavy atom. The lowest BCUT2D eigenvalue weighted by Crippen LogP contribution is -2.61. The number of fused-ring (bicyclic) bond motifs is 2. The second-order valence-electron chi connectivity index (χ2n) is 14.9. The molecule has 2 aliphatic heterocycles. The maximum atomic E-state index is 13.0. The molecule has 0 atom stereocenters. The van der Waals surface area contributed by atoms with Gasteiger partial charge in [0.1, 0.15) is 18.9 Å². The second kappa shape index (κ2) is 19.1.